The Kier molecular flexibility index (Phi) is 3.14. The summed E-state index contributed by atoms with van der Waals surface area (Å²) in [7, 11) is 0. The summed E-state index contributed by atoms with van der Waals surface area (Å²) < 4.78 is 10.4. The number of carbonyl (C=O) groups excluding carboxylic acids is 2. The molecule has 0 unspecified atom stereocenters. The van der Waals surface area contributed by atoms with Crippen molar-refractivity contribution in [1.82, 2.24) is 0 Å². The van der Waals surface area contributed by atoms with Crippen molar-refractivity contribution >= 4 is 11.9 Å². The van der Waals surface area contributed by atoms with Gasteiger partial charge in [-0.25, -0.2) is 0 Å². The minimum atomic E-state index is -0.320. The fourth-order valence-electron chi connectivity index (χ4n) is 2.86. The van der Waals surface area contributed by atoms with E-state index in [4.69, 9.17) is 14.6 Å². The zero-order valence-corrected chi connectivity index (χ0v) is 9.22. The molecule has 2 fully saturated rings. The maximum Gasteiger partial charge on any atom is 0.306 e. The lowest BCUT2D eigenvalue weighted by Gasteiger charge is -2.21. The minimum Gasteiger partial charge on any atom is -0.462 e. The number of hydrogen-bond donors (Lipinski definition) is 1. The van der Waals surface area contributed by atoms with Crippen LogP contribution in [-0.4, -0.2) is 35.9 Å². The molecule has 5 heteroatoms. The third kappa shape index (κ3) is 2.04. The van der Waals surface area contributed by atoms with Crippen LogP contribution < -0.4 is 0 Å². The van der Waals surface area contributed by atoms with E-state index in [1.54, 1.807) is 0 Å². The first-order valence-electron chi connectivity index (χ1n) is 5.59. The molecule has 1 heterocycles. The van der Waals surface area contributed by atoms with Crippen molar-refractivity contribution in [2.45, 2.75) is 38.4 Å². The van der Waals surface area contributed by atoms with Crippen LogP contribution in [0.2, 0.25) is 0 Å². The van der Waals surface area contributed by atoms with Crippen molar-refractivity contribution in [3.63, 3.8) is 0 Å². The standard InChI is InChI=1S/C11H16O5/c1-6(13)15-9-5-10-8(4-11(14)16-10)7(9)2-3-12/h7-10,12H,2-5H2,1H3/t7-,8-,9-,10+/m1/s1. The summed E-state index contributed by atoms with van der Waals surface area (Å²) in [5.41, 5.74) is 0. The van der Waals surface area contributed by atoms with Gasteiger partial charge in [0.2, 0.25) is 0 Å². The van der Waals surface area contributed by atoms with Crippen molar-refractivity contribution in [2.75, 3.05) is 6.61 Å². The predicted molar refractivity (Wildman–Crippen MR) is 53.4 cm³/mol. The molecule has 2 rings (SSSR count). The maximum absolute atomic E-state index is 11.1. The van der Waals surface area contributed by atoms with E-state index in [1.165, 1.54) is 6.92 Å². The number of rotatable bonds is 3. The van der Waals surface area contributed by atoms with Gasteiger partial charge in [0.15, 0.2) is 0 Å². The molecule has 5 nitrogen and oxygen atoms in total. The van der Waals surface area contributed by atoms with E-state index < -0.39 is 0 Å². The van der Waals surface area contributed by atoms with Gasteiger partial charge in [0, 0.05) is 31.8 Å². The highest BCUT2D eigenvalue weighted by atomic mass is 16.6. The Hall–Kier alpha value is -1.10. The molecule has 4 atom stereocenters. The largest absolute Gasteiger partial charge is 0.462 e. The Balaban J connectivity index is 2.06. The van der Waals surface area contributed by atoms with Crippen LogP contribution >= 0.6 is 0 Å². The molecule has 1 N–H and O–H groups in total. The third-order valence-corrected chi connectivity index (χ3v) is 3.43. The van der Waals surface area contributed by atoms with Crippen LogP contribution in [0.5, 0.6) is 0 Å². The molecule has 0 aromatic rings. The second-order valence-corrected chi connectivity index (χ2v) is 4.46. The van der Waals surface area contributed by atoms with Crippen LogP contribution in [0.25, 0.3) is 0 Å². The molecule has 90 valence electrons. The Morgan fingerprint density at radius 3 is 3.00 bits per heavy atom. The topological polar surface area (TPSA) is 72.8 Å². The fraction of sp³-hybridized carbons (Fsp3) is 0.818. The summed E-state index contributed by atoms with van der Waals surface area (Å²) in [6, 6.07) is 0. The number of aliphatic hydroxyl groups is 1. The molecular formula is C11H16O5. The second kappa shape index (κ2) is 4.41. The van der Waals surface area contributed by atoms with Gasteiger partial charge in [0.05, 0.1) is 6.42 Å². The van der Waals surface area contributed by atoms with Gasteiger partial charge < -0.3 is 14.6 Å². The van der Waals surface area contributed by atoms with Crippen molar-refractivity contribution in [1.29, 1.82) is 0 Å². The van der Waals surface area contributed by atoms with Crippen LogP contribution in [0.3, 0.4) is 0 Å². The minimum absolute atomic E-state index is 0.0415. The predicted octanol–water partition coefficient (Wildman–Crippen LogP) is 0.252. The average molecular weight is 228 g/mol. The number of ether oxygens (including phenoxy) is 2. The van der Waals surface area contributed by atoms with E-state index in [9.17, 15) is 9.59 Å². The second-order valence-electron chi connectivity index (χ2n) is 4.46. The average Bonchev–Trinajstić information content (AvgIpc) is 2.65. The summed E-state index contributed by atoms with van der Waals surface area (Å²) >= 11 is 0. The molecular weight excluding hydrogens is 212 g/mol. The number of carbonyl (C=O) groups is 2. The number of esters is 2. The van der Waals surface area contributed by atoms with Crippen molar-refractivity contribution < 1.29 is 24.2 Å². The van der Waals surface area contributed by atoms with Gasteiger partial charge in [-0.05, 0) is 6.42 Å². The third-order valence-electron chi connectivity index (χ3n) is 3.43. The lowest BCUT2D eigenvalue weighted by Crippen LogP contribution is -2.25. The van der Waals surface area contributed by atoms with E-state index in [2.05, 4.69) is 0 Å². The zero-order chi connectivity index (χ0) is 11.7. The highest BCUT2D eigenvalue weighted by molar-refractivity contribution is 5.72. The lowest BCUT2D eigenvalue weighted by atomic mass is 9.89. The Morgan fingerprint density at radius 1 is 1.62 bits per heavy atom. The quantitative estimate of drug-likeness (QED) is 0.701. The number of fused-ring (bicyclic) bond motifs is 1. The Labute approximate surface area is 93.7 Å². The van der Waals surface area contributed by atoms with E-state index in [-0.39, 0.29) is 42.6 Å². The summed E-state index contributed by atoms with van der Waals surface area (Å²) in [5.74, 6) is -0.354. The molecule has 16 heavy (non-hydrogen) atoms. The first-order valence-corrected chi connectivity index (χ1v) is 5.59. The molecule has 0 amide bonds. The Morgan fingerprint density at radius 2 is 2.38 bits per heavy atom. The van der Waals surface area contributed by atoms with Crippen LogP contribution in [0.4, 0.5) is 0 Å². The van der Waals surface area contributed by atoms with Crippen LogP contribution in [-0.2, 0) is 19.1 Å². The molecule has 2 aliphatic rings. The summed E-state index contributed by atoms with van der Waals surface area (Å²) in [5, 5.41) is 9.00. The lowest BCUT2D eigenvalue weighted by molar-refractivity contribution is -0.150. The summed E-state index contributed by atoms with van der Waals surface area (Å²) in [4.78, 5) is 22.1. The first-order chi connectivity index (χ1) is 7.61. The van der Waals surface area contributed by atoms with Crippen LogP contribution in [0.1, 0.15) is 26.2 Å². The first kappa shape index (κ1) is 11.4. The molecule has 1 saturated heterocycles. The van der Waals surface area contributed by atoms with Gasteiger partial charge in [-0.2, -0.15) is 0 Å². The molecule has 0 spiro atoms. The highest BCUT2D eigenvalue weighted by Gasteiger charge is 2.50. The van der Waals surface area contributed by atoms with Gasteiger partial charge in [-0.3, -0.25) is 9.59 Å². The van der Waals surface area contributed by atoms with E-state index >= 15 is 0 Å². The molecule has 1 aliphatic carbocycles. The van der Waals surface area contributed by atoms with Gasteiger partial charge in [0.1, 0.15) is 12.2 Å². The van der Waals surface area contributed by atoms with Crippen molar-refractivity contribution in [2.24, 2.45) is 11.8 Å². The van der Waals surface area contributed by atoms with E-state index in [0.29, 0.717) is 19.3 Å². The molecule has 0 radical (unpaired) electrons. The summed E-state index contributed by atoms with van der Waals surface area (Å²) in [6.07, 6.45) is 1.16. The SMILES string of the molecule is CC(=O)O[C@@H]1C[C@@H]2OC(=O)C[C@@H]2[C@H]1CCO. The number of hydrogen-bond acceptors (Lipinski definition) is 5. The van der Waals surface area contributed by atoms with E-state index in [0.717, 1.165) is 0 Å². The highest BCUT2D eigenvalue weighted by Crippen LogP contribution is 2.44. The molecule has 0 aromatic heterocycles. The number of aliphatic hydroxyl groups excluding tert-OH is 1. The van der Waals surface area contributed by atoms with Gasteiger partial charge in [-0.15, -0.1) is 0 Å². The van der Waals surface area contributed by atoms with Gasteiger partial charge in [0.25, 0.3) is 0 Å². The van der Waals surface area contributed by atoms with Crippen LogP contribution in [0, 0.1) is 11.8 Å². The van der Waals surface area contributed by atoms with Gasteiger partial charge >= 0.3 is 11.9 Å². The van der Waals surface area contributed by atoms with Crippen molar-refractivity contribution in [3.05, 3.63) is 0 Å². The molecule has 0 bridgehead atoms. The van der Waals surface area contributed by atoms with Crippen LogP contribution in [0.15, 0.2) is 0 Å². The monoisotopic (exact) mass is 228 g/mol. The normalized spacial score (nSPS) is 37.0. The maximum atomic E-state index is 11.1. The van der Waals surface area contributed by atoms with Crippen molar-refractivity contribution in [3.8, 4) is 0 Å². The molecule has 1 saturated carbocycles. The van der Waals surface area contributed by atoms with Gasteiger partial charge in [-0.1, -0.05) is 0 Å². The molecule has 0 aromatic carbocycles. The van der Waals surface area contributed by atoms with E-state index in [1.807, 2.05) is 0 Å². The molecule has 1 aliphatic heterocycles. The fourth-order valence-corrected chi connectivity index (χ4v) is 2.86. The smallest absolute Gasteiger partial charge is 0.306 e. The summed E-state index contributed by atoms with van der Waals surface area (Å²) in [6.45, 7) is 1.41. The Bertz CT molecular complexity index is 301. The zero-order valence-electron chi connectivity index (χ0n) is 9.22.